The van der Waals surface area contributed by atoms with Crippen molar-refractivity contribution < 1.29 is 0 Å². The Bertz CT molecular complexity index is 718. The highest BCUT2D eigenvalue weighted by atomic mass is 32.1. The molecule has 3 aromatic rings. The number of thiazole rings is 1. The molecule has 0 aliphatic heterocycles. The van der Waals surface area contributed by atoms with Crippen LogP contribution < -0.4 is 5.32 Å². The van der Waals surface area contributed by atoms with Crippen LogP contribution in [0.3, 0.4) is 0 Å². The van der Waals surface area contributed by atoms with Crippen LogP contribution in [0.5, 0.6) is 0 Å². The lowest BCUT2D eigenvalue weighted by molar-refractivity contribution is 1.06. The third-order valence-electron chi connectivity index (χ3n) is 2.99. The molecule has 1 N–H and O–H groups in total. The molecule has 0 spiro atoms. The van der Waals surface area contributed by atoms with Crippen molar-refractivity contribution in [1.82, 2.24) is 9.97 Å². The van der Waals surface area contributed by atoms with E-state index in [1.54, 1.807) is 11.3 Å². The molecule has 0 aliphatic carbocycles. The van der Waals surface area contributed by atoms with Gasteiger partial charge in [0.1, 0.15) is 10.8 Å². The van der Waals surface area contributed by atoms with E-state index in [9.17, 15) is 0 Å². The molecule has 19 heavy (non-hydrogen) atoms. The van der Waals surface area contributed by atoms with E-state index in [1.807, 2.05) is 25.1 Å². The lowest BCUT2D eigenvalue weighted by Crippen LogP contribution is -2.03. The molecule has 0 saturated heterocycles. The molecule has 0 radical (unpaired) electrons. The molecule has 0 aliphatic rings. The smallest absolute Gasteiger partial charge is 0.129 e. The lowest BCUT2D eigenvalue weighted by atomic mass is 10.1. The second-order valence-electron chi connectivity index (χ2n) is 4.58. The summed E-state index contributed by atoms with van der Waals surface area (Å²) in [4.78, 5) is 9.11. The molecule has 0 saturated carbocycles. The summed E-state index contributed by atoms with van der Waals surface area (Å²) in [7, 11) is 0. The van der Waals surface area contributed by atoms with Crippen LogP contribution in [0.25, 0.3) is 10.9 Å². The summed E-state index contributed by atoms with van der Waals surface area (Å²) in [6.07, 6.45) is 0. The van der Waals surface area contributed by atoms with Gasteiger partial charge in [0.15, 0.2) is 0 Å². The number of benzene rings is 1. The zero-order chi connectivity index (χ0) is 13.2. The van der Waals surface area contributed by atoms with Crippen LogP contribution in [-0.4, -0.2) is 9.97 Å². The number of nitrogens with one attached hydrogen (secondary N) is 1. The molecule has 0 amide bonds. The van der Waals surface area contributed by atoms with Crippen molar-refractivity contribution in [3.63, 3.8) is 0 Å². The molecular formula is C15H15N3S. The third kappa shape index (κ3) is 2.58. The lowest BCUT2D eigenvalue weighted by Gasteiger charge is -2.08. The topological polar surface area (TPSA) is 37.8 Å². The highest BCUT2D eigenvalue weighted by Crippen LogP contribution is 2.20. The Hall–Kier alpha value is -1.94. The molecule has 0 bridgehead atoms. The van der Waals surface area contributed by atoms with Gasteiger partial charge in [-0.2, -0.15) is 0 Å². The van der Waals surface area contributed by atoms with Crippen molar-refractivity contribution >= 4 is 28.1 Å². The summed E-state index contributed by atoms with van der Waals surface area (Å²) in [5, 5.41) is 7.70. The fourth-order valence-corrected chi connectivity index (χ4v) is 2.76. The van der Waals surface area contributed by atoms with E-state index in [2.05, 4.69) is 39.7 Å². The van der Waals surface area contributed by atoms with Crippen LogP contribution in [0.15, 0.2) is 35.7 Å². The number of pyridine rings is 1. The van der Waals surface area contributed by atoms with Crippen molar-refractivity contribution in [2.75, 3.05) is 5.32 Å². The number of hydrogen-bond acceptors (Lipinski definition) is 4. The molecule has 0 unspecified atom stereocenters. The Morgan fingerprint density at radius 2 is 2.00 bits per heavy atom. The van der Waals surface area contributed by atoms with Gasteiger partial charge in [-0.05, 0) is 31.5 Å². The molecule has 3 nitrogen and oxygen atoms in total. The minimum absolute atomic E-state index is 0.727. The van der Waals surface area contributed by atoms with Crippen LogP contribution in [0.2, 0.25) is 0 Å². The van der Waals surface area contributed by atoms with Gasteiger partial charge in [-0.25, -0.2) is 9.97 Å². The van der Waals surface area contributed by atoms with E-state index < -0.39 is 0 Å². The number of aromatic nitrogens is 2. The number of rotatable bonds is 3. The average molecular weight is 269 g/mol. The molecule has 96 valence electrons. The summed E-state index contributed by atoms with van der Waals surface area (Å²) in [5.74, 6) is 0.937. The highest BCUT2D eigenvalue weighted by Gasteiger charge is 2.04. The third-order valence-corrected chi connectivity index (χ3v) is 3.95. The fraction of sp³-hybridized carbons (Fsp3) is 0.200. The van der Waals surface area contributed by atoms with Crippen molar-refractivity contribution in [2.24, 2.45) is 0 Å². The monoisotopic (exact) mass is 269 g/mol. The maximum absolute atomic E-state index is 4.66. The standard InChI is InChI=1S/C15H15N3S/c1-10-7-12-5-3-4-6-13(12)18-15(10)16-8-14-17-11(2)9-19-14/h3-7,9H,8H2,1-2H3,(H,16,18). The van der Waals surface area contributed by atoms with E-state index >= 15 is 0 Å². The zero-order valence-corrected chi connectivity index (χ0v) is 11.8. The summed E-state index contributed by atoms with van der Waals surface area (Å²) < 4.78 is 0. The van der Waals surface area contributed by atoms with Gasteiger partial charge in [-0.3, -0.25) is 0 Å². The molecule has 2 heterocycles. The number of para-hydroxylation sites is 1. The van der Waals surface area contributed by atoms with Gasteiger partial charge in [0.2, 0.25) is 0 Å². The summed E-state index contributed by atoms with van der Waals surface area (Å²) in [5.41, 5.74) is 3.25. The first-order valence-corrected chi connectivity index (χ1v) is 7.11. The Morgan fingerprint density at radius 3 is 2.79 bits per heavy atom. The maximum atomic E-state index is 4.66. The number of fused-ring (bicyclic) bond motifs is 1. The second kappa shape index (κ2) is 4.97. The Kier molecular flexibility index (Phi) is 3.17. The van der Waals surface area contributed by atoms with Crippen molar-refractivity contribution in [1.29, 1.82) is 0 Å². The largest absolute Gasteiger partial charge is 0.363 e. The van der Waals surface area contributed by atoms with E-state index in [0.29, 0.717) is 0 Å². The van der Waals surface area contributed by atoms with Gasteiger partial charge < -0.3 is 5.32 Å². The van der Waals surface area contributed by atoms with E-state index in [1.165, 1.54) is 5.39 Å². The molecule has 0 fully saturated rings. The second-order valence-corrected chi connectivity index (χ2v) is 5.53. The van der Waals surface area contributed by atoms with Gasteiger partial charge >= 0.3 is 0 Å². The van der Waals surface area contributed by atoms with Crippen LogP contribution >= 0.6 is 11.3 Å². The summed E-state index contributed by atoms with van der Waals surface area (Å²) in [6, 6.07) is 10.3. The van der Waals surface area contributed by atoms with Gasteiger partial charge in [0.05, 0.1) is 12.1 Å². The molecule has 4 heteroatoms. The van der Waals surface area contributed by atoms with Crippen LogP contribution in [0.4, 0.5) is 5.82 Å². The molecule has 3 rings (SSSR count). The Labute approximate surface area is 116 Å². The number of anilines is 1. The normalized spacial score (nSPS) is 10.8. The summed E-state index contributed by atoms with van der Waals surface area (Å²) in [6.45, 7) is 4.82. The van der Waals surface area contributed by atoms with Crippen LogP contribution in [0.1, 0.15) is 16.3 Å². The maximum Gasteiger partial charge on any atom is 0.129 e. The fourth-order valence-electron chi connectivity index (χ4n) is 2.04. The average Bonchev–Trinajstić information content (AvgIpc) is 2.82. The molecule has 2 aromatic heterocycles. The summed E-state index contributed by atoms with van der Waals surface area (Å²) >= 11 is 1.68. The predicted molar refractivity (Wildman–Crippen MR) is 80.7 cm³/mol. The van der Waals surface area contributed by atoms with E-state index in [4.69, 9.17) is 0 Å². The van der Waals surface area contributed by atoms with Crippen LogP contribution in [0, 0.1) is 13.8 Å². The first-order chi connectivity index (χ1) is 9.22. The van der Waals surface area contributed by atoms with E-state index in [-0.39, 0.29) is 0 Å². The SMILES string of the molecule is Cc1csc(CNc2nc3ccccc3cc2C)n1. The van der Waals surface area contributed by atoms with Crippen molar-refractivity contribution in [3.8, 4) is 0 Å². The minimum Gasteiger partial charge on any atom is -0.363 e. The van der Waals surface area contributed by atoms with E-state index in [0.717, 1.165) is 34.1 Å². The van der Waals surface area contributed by atoms with Gasteiger partial charge in [0, 0.05) is 16.5 Å². The number of aryl methyl sites for hydroxylation is 2. The number of hydrogen-bond donors (Lipinski definition) is 1. The Balaban J connectivity index is 1.86. The Morgan fingerprint density at radius 1 is 1.16 bits per heavy atom. The van der Waals surface area contributed by atoms with Crippen molar-refractivity contribution in [2.45, 2.75) is 20.4 Å². The number of nitrogens with zero attached hydrogens (tertiary/aromatic N) is 2. The zero-order valence-electron chi connectivity index (χ0n) is 11.0. The van der Waals surface area contributed by atoms with Gasteiger partial charge in [0.25, 0.3) is 0 Å². The highest BCUT2D eigenvalue weighted by molar-refractivity contribution is 7.09. The predicted octanol–water partition coefficient (Wildman–Crippen LogP) is 3.92. The van der Waals surface area contributed by atoms with Gasteiger partial charge in [-0.1, -0.05) is 18.2 Å². The quantitative estimate of drug-likeness (QED) is 0.783. The molecular weight excluding hydrogens is 254 g/mol. The minimum atomic E-state index is 0.727. The first-order valence-electron chi connectivity index (χ1n) is 6.23. The van der Waals surface area contributed by atoms with Gasteiger partial charge in [-0.15, -0.1) is 11.3 Å². The molecule has 0 atom stereocenters. The molecule has 1 aromatic carbocycles. The van der Waals surface area contributed by atoms with Crippen LogP contribution in [-0.2, 0) is 6.54 Å². The first kappa shape index (κ1) is 12.1. The van der Waals surface area contributed by atoms with Crippen molar-refractivity contribution in [3.05, 3.63) is 52.0 Å².